The summed E-state index contributed by atoms with van der Waals surface area (Å²) >= 11 is 7.21. The first kappa shape index (κ1) is 19.9. The number of methoxy groups -OCH3 is 1. The van der Waals surface area contributed by atoms with E-state index >= 15 is 0 Å². The number of nitrogens with zero attached hydrogens (tertiary/aromatic N) is 2. The molecule has 0 atom stereocenters. The Labute approximate surface area is 173 Å². The summed E-state index contributed by atoms with van der Waals surface area (Å²) in [5, 5.41) is 10.9. The van der Waals surface area contributed by atoms with Crippen molar-refractivity contribution in [2.24, 2.45) is 0 Å². The highest BCUT2D eigenvalue weighted by molar-refractivity contribution is 7.99. The Hall–Kier alpha value is -2.81. The molecule has 1 aromatic heterocycles. The van der Waals surface area contributed by atoms with Gasteiger partial charge in [-0.15, -0.1) is 0 Å². The van der Waals surface area contributed by atoms with Crippen molar-refractivity contribution in [1.82, 2.24) is 4.98 Å². The number of hydrogen-bond acceptors (Lipinski definition) is 5. The van der Waals surface area contributed by atoms with Gasteiger partial charge in [-0.25, -0.2) is 4.98 Å². The Bertz CT molecular complexity index is 1040. The number of nitriles is 1. The van der Waals surface area contributed by atoms with Gasteiger partial charge < -0.3 is 4.74 Å². The summed E-state index contributed by atoms with van der Waals surface area (Å²) in [5.41, 5.74) is 4.85. The SMILES string of the molecule is COC(=O)CSc1nc(-c2ccc(C)cc2)cc(-c2ccc(Cl)cc2)c1C#N. The van der Waals surface area contributed by atoms with Crippen molar-refractivity contribution >= 4 is 29.3 Å². The van der Waals surface area contributed by atoms with Gasteiger partial charge in [0.25, 0.3) is 0 Å². The molecule has 0 radical (unpaired) electrons. The van der Waals surface area contributed by atoms with E-state index in [0.29, 0.717) is 15.6 Å². The number of halogens is 1. The van der Waals surface area contributed by atoms with Crippen molar-refractivity contribution in [3.63, 3.8) is 0 Å². The number of carbonyl (C=O) groups excluding carboxylic acids is 1. The fraction of sp³-hybridized carbons (Fsp3) is 0.136. The lowest BCUT2D eigenvalue weighted by atomic mass is 9.99. The topological polar surface area (TPSA) is 63.0 Å². The summed E-state index contributed by atoms with van der Waals surface area (Å²) in [5.74, 6) is -0.292. The number of benzene rings is 2. The first-order chi connectivity index (χ1) is 13.5. The zero-order valence-electron chi connectivity index (χ0n) is 15.4. The number of thioether (sulfide) groups is 1. The molecule has 0 N–H and O–H groups in total. The molecule has 3 rings (SSSR count). The maximum Gasteiger partial charge on any atom is 0.316 e. The van der Waals surface area contributed by atoms with Crippen LogP contribution >= 0.6 is 23.4 Å². The highest BCUT2D eigenvalue weighted by atomic mass is 35.5. The van der Waals surface area contributed by atoms with Crippen LogP contribution in [0.25, 0.3) is 22.4 Å². The predicted molar refractivity (Wildman–Crippen MR) is 112 cm³/mol. The molecule has 0 aliphatic rings. The van der Waals surface area contributed by atoms with E-state index in [1.54, 1.807) is 12.1 Å². The Morgan fingerprint density at radius 3 is 2.39 bits per heavy atom. The molecule has 2 aromatic carbocycles. The Morgan fingerprint density at radius 2 is 1.79 bits per heavy atom. The van der Waals surface area contributed by atoms with E-state index in [4.69, 9.17) is 16.3 Å². The number of aromatic nitrogens is 1. The monoisotopic (exact) mass is 408 g/mol. The van der Waals surface area contributed by atoms with Crippen molar-refractivity contribution < 1.29 is 9.53 Å². The lowest BCUT2D eigenvalue weighted by Crippen LogP contribution is -2.04. The van der Waals surface area contributed by atoms with E-state index in [2.05, 4.69) is 11.1 Å². The maximum atomic E-state index is 11.6. The fourth-order valence-corrected chi connectivity index (χ4v) is 3.61. The summed E-state index contributed by atoms with van der Waals surface area (Å²) in [6, 6.07) is 19.4. The Kier molecular flexibility index (Phi) is 6.35. The predicted octanol–water partition coefficient (Wildman–Crippen LogP) is 5.51. The quantitative estimate of drug-likeness (QED) is 0.411. The van der Waals surface area contributed by atoms with Gasteiger partial charge in [-0.1, -0.05) is 65.3 Å². The molecule has 0 bridgehead atoms. The van der Waals surface area contributed by atoms with Gasteiger partial charge in [0, 0.05) is 16.1 Å². The van der Waals surface area contributed by atoms with Crippen LogP contribution in [0.5, 0.6) is 0 Å². The first-order valence-electron chi connectivity index (χ1n) is 8.49. The second-order valence-corrected chi connectivity index (χ2v) is 7.49. The van der Waals surface area contributed by atoms with Crippen LogP contribution in [0, 0.1) is 18.3 Å². The summed E-state index contributed by atoms with van der Waals surface area (Å²) in [6.45, 7) is 2.02. The molecule has 0 amide bonds. The van der Waals surface area contributed by atoms with Crippen LogP contribution in [-0.2, 0) is 9.53 Å². The lowest BCUT2D eigenvalue weighted by molar-refractivity contribution is -0.137. The van der Waals surface area contributed by atoms with Crippen LogP contribution in [0.3, 0.4) is 0 Å². The molecule has 28 heavy (non-hydrogen) atoms. The van der Waals surface area contributed by atoms with Gasteiger partial charge in [0.1, 0.15) is 11.1 Å². The zero-order valence-corrected chi connectivity index (χ0v) is 17.0. The Morgan fingerprint density at radius 1 is 1.14 bits per heavy atom. The minimum Gasteiger partial charge on any atom is -0.468 e. The standard InChI is InChI=1S/C22H17ClN2O2S/c1-14-3-5-16(6-4-14)20-11-18(15-7-9-17(23)10-8-15)19(12-24)22(25-20)28-13-21(26)27-2/h3-11H,13H2,1-2H3. The summed E-state index contributed by atoms with van der Waals surface area (Å²) in [4.78, 5) is 16.3. The molecule has 0 aliphatic heterocycles. The number of ether oxygens (including phenoxy) is 1. The number of esters is 1. The van der Waals surface area contributed by atoms with Gasteiger partial charge in [0.2, 0.25) is 0 Å². The maximum absolute atomic E-state index is 11.6. The van der Waals surface area contributed by atoms with Gasteiger partial charge in [-0.2, -0.15) is 5.26 Å². The van der Waals surface area contributed by atoms with E-state index in [9.17, 15) is 10.1 Å². The third-order valence-corrected chi connectivity index (χ3v) is 5.36. The molecule has 0 unspecified atom stereocenters. The smallest absolute Gasteiger partial charge is 0.316 e. The van der Waals surface area contributed by atoms with Crippen molar-refractivity contribution in [1.29, 1.82) is 5.26 Å². The number of pyridine rings is 1. The summed E-state index contributed by atoms with van der Waals surface area (Å²) in [7, 11) is 1.34. The molecule has 6 heteroatoms. The molecule has 0 spiro atoms. The highest BCUT2D eigenvalue weighted by Crippen LogP contribution is 2.34. The normalized spacial score (nSPS) is 10.4. The van der Waals surface area contributed by atoms with Gasteiger partial charge in [0.05, 0.1) is 24.1 Å². The van der Waals surface area contributed by atoms with Gasteiger partial charge in [0.15, 0.2) is 0 Å². The third kappa shape index (κ3) is 4.53. The van der Waals surface area contributed by atoms with Crippen LogP contribution in [0.15, 0.2) is 59.6 Å². The molecule has 0 fully saturated rings. The number of rotatable bonds is 5. The highest BCUT2D eigenvalue weighted by Gasteiger charge is 2.17. The molecule has 0 saturated heterocycles. The molecular weight excluding hydrogens is 392 g/mol. The lowest BCUT2D eigenvalue weighted by Gasteiger charge is -2.12. The molecule has 1 heterocycles. The number of hydrogen-bond donors (Lipinski definition) is 0. The second kappa shape index (κ2) is 8.92. The summed E-state index contributed by atoms with van der Waals surface area (Å²) in [6.07, 6.45) is 0. The van der Waals surface area contributed by atoms with E-state index in [0.717, 1.165) is 27.9 Å². The first-order valence-corrected chi connectivity index (χ1v) is 9.86. The third-order valence-electron chi connectivity index (χ3n) is 4.16. The molecule has 0 aliphatic carbocycles. The van der Waals surface area contributed by atoms with Crippen molar-refractivity contribution in [2.45, 2.75) is 11.9 Å². The minimum atomic E-state index is -0.371. The van der Waals surface area contributed by atoms with Gasteiger partial charge in [-0.05, 0) is 30.7 Å². The zero-order chi connectivity index (χ0) is 20.1. The minimum absolute atomic E-state index is 0.0790. The number of carbonyl (C=O) groups is 1. The van der Waals surface area contributed by atoms with E-state index < -0.39 is 0 Å². The van der Waals surface area contributed by atoms with Crippen LogP contribution in [0.4, 0.5) is 0 Å². The van der Waals surface area contributed by atoms with Crippen molar-refractivity contribution in [2.75, 3.05) is 12.9 Å². The Balaban J connectivity index is 2.16. The molecule has 3 aromatic rings. The van der Waals surface area contributed by atoms with Crippen LogP contribution in [0.1, 0.15) is 11.1 Å². The van der Waals surface area contributed by atoms with E-state index in [-0.39, 0.29) is 11.7 Å². The average molecular weight is 409 g/mol. The molecule has 140 valence electrons. The van der Waals surface area contributed by atoms with Crippen LogP contribution in [0.2, 0.25) is 5.02 Å². The average Bonchev–Trinajstić information content (AvgIpc) is 2.72. The van der Waals surface area contributed by atoms with Crippen molar-refractivity contribution in [3.05, 3.63) is 70.7 Å². The van der Waals surface area contributed by atoms with Crippen LogP contribution < -0.4 is 0 Å². The largest absolute Gasteiger partial charge is 0.468 e. The summed E-state index contributed by atoms with van der Waals surface area (Å²) < 4.78 is 4.72. The molecule has 4 nitrogen and oxygen atoms in total. The van der Waals surface area contributed by atoms with Gasteiger partial charge >= 0.3 is 5.97 Å². The molecule has 0 saturated carbocycles. The van der Waals surface area contributed by atoms with Crippen molar-refractivity contribution in [3.8, 4) is 28.5 Å². The number of aryl methyl sites for hydroxylation is 1. The van der Waals surface area contributed by atoms with E-state index in [1.807, 2.05) is 49.4 Å². The van der Waals surface area contributed by atoms with E-state index in [1.165, 1.54) is 18.9 Å². The van der Waals surface area contributed by atoms with Gasteiger partial charge in [-0.3, -0.25) is 4.79 Å². The van der Waals surface area contributed by atoms with Crippen LogP contribution in [-0.4, -0.2) is 23.8 Å². The molecular formula is C22H17ClN2O2S. The fourth-order valence-electron chi connectivity index (χ4n) is 2.65. The second-order valence-electron chi connectivity index (χ2n) is 6.08.